The van der Waals surface area contributed by atoms with E-state index < -0.39 is 0 Å². The monoisotopic (exact) mass is 325 g/mol. The van der Waals surface area contributed by atoms with E-state index in [9.17, 15) is 4.79 Å². The molecular weight excluding hydrogens is 310 g/mol. The van der Waals surface area contributed by atoms with Crippen molar-refractivity contribution in [1.29, 1.82) is 0 Å². The van der Waals surface area contributed by atoms with Crippen LogP contribution in [0.3, 0.4) is 0 Å². The summed E-state index contributed by atoms with van der Waals surface area (Å²) in [5, 5.41) is 5.55. The van der Waals surface area contributed by atoms with Crippen LogP contribution in [0.4, 0.5) is 5.69 Å². The summed E-state index contributed by atoms with van der Waals surface area (Å²) in [4.78, 5) is 13.8. The van der Waals surface area contributed by atoms with Crippen LogP contribution >= 0.6 is 11.3 Å². The number of ketones is 1. The van der Waals surface area contributed by atoms with E-state index in [1.54, 1.807) is 11.3 Å². The lowest BCUT2D eigenvalue weighted by molar-refractivity contribution is -0.116. The molecule has 0 amide bonds. The third-order valence-corrected chi connectivity index (χ3v) is 5.65. The van der Waals surface area contributed by atoms with Crippen molar-refractivity contribution in [3.63, 3.8) is 0 Å². The molecule has 5 rings (SSSR count). The Morgan fingerprint density at radius 1 is 1.17 bits per heavy atom. The van der Waals surface area contributed by atoms with Gasteiger partial charge in [0.2, 0.25) is 6.79 Å². The Hall–Kier alpha value is -2.27. The largest absolute Gasteiger partial charge is 0.454 e. The molecule has 2 aromatic rings. The van der Waals surface area contributed by atoms with Gasteiger partial charge in [-0.3, -0.25) is 4.79 Å². The first kappa shape index (κ1) is 13.2. The van der Waals surface area contributed by atoms with Gasteiger partial charge in [0.1, 0.15) is 0 Å². The number of rotatable bonds is 1. The number of Topliss-reactive ketones (excluding diaryl/α,β-unsaturated/α-hetero) is 1. The zero-order chi connectivity index (χ0) is 15.4. The van der Waals surface area contributed by atoms with Gasteiger partial charge in [0.05, 0.1) is 5.92 Å². The first-order chi connectivity index (χ1) is 11.3. The molecule has 0 unspecified atom stereocenters. The molecule has 0 spiro atoms. The second-order valence-electron chi connectivity index (χ2n) is 6.04. The Morgan fingerprint density at radius 3 is 2.87 bits per heavy atom. The smallest absolute Gasteiger partial charge is 0.231 e. The SMILES string of the molecule is O=C1CCCC2=C1[C@@H](c1cccs1)c1cc3c(cc1N2)OCO3. The first-order valence-corrected chi connectivity index (χ1v) is 8.69. The Bertz CT molecular complexity index is 838. The highest BCUT2D eigenvalue weighted by Crippen LogP contribution is 2.50. The third-order valence-electron chi connectivity index (χ3n) is 4.71. The minimum atomic E-state index is 0.00329. The van der Waals surface area contributed by atoms with Gasteiger partial charge < -0.3 is 14.8 Å². The second kappa shape index (κ2) is 4.86. The Kier molecular flexibility index (Phi) is 2.79. The number of thiophene rings is 1. The van der Waals surface area contributed by atoms with Gasteiger partial charge in [0.25, 0.3) is 0 Å². The Morgan fingerprint density at radius 2 is 2.04 bits per heavy atom. The number of allylic oxidation sites excluding steroid dienone is 2. The number of ether oxygens (including phenoxy) is 2. The average Bonchev–Trinajstić information content (AvgIpc) is 3.22. The third kappa shape index (κ3) is 1.93. The van der Waals surface area contributed by atoms with Gasteiger partial charge in [-0.1, -0.05) is 6.07 Å². The number of nitrogens with one attached hydrogen (secondary N) is 1. The van der Waals surface area contributed by atoms with E-state index in [-0.39, 0.29) is 18.5 Å². The van der Waals surface area contributed by atoms with Crippen molar-refractivity contribution in [3.05, 3.63) is 51.4 Å². The molecule has 0 fully saturated rings. The zero-order valence-corrected chi connectivity index (χ0v) is 13.2. The van der Waals surface area contributed by atoms with E-state index >= 15 is 0 Å². The first-order valence-electron chi connectivity index (χ1n) is 7.81. The topological polar surface area (TPSA) is 47.6 Å². The maximum absolute atomic E-state index is 12.6. The molecular formula is C18H15NO3S. The molecule has 1 atom stereocenters. The number of anilines is 1. The summed E-state index contributed by atoms with van der Waals surface area (Å²) in [6.07, 6.45) is 2.49. The molecule has 3 aliphatic rings. The van der Waals surface area contributed by atoms with Crippen molar-refractivity contribution in [2.45, 2.75) is 25.2 Å². The van der Waals surface area contributed by atoms with Crippen LogP contribution in [0.2, 0.25) is 0 Å². The molecule has 1 aromatic heterocycles. The molecule has 0 bridgehead atoms. The van der Waals surface area contributed by atoms with Gasteiger partial charge in [0.15, 0.2) is 17.3 Å². The number of hydrogen-bond acceptors (Lipinski definition) is 5. The molecule has 2 aliphatic heterocycles. The highest BCUT2D eigenvalue weighted by molar-refractivity contribution is 7.10. The van der Waals surface area contributed by atoms with Crippen molar-refractivity contribution in [2.75, 3.05) is 12.1 Å². The number of benzene rings is 1. The average molecular weight is 325 g/mol. The fourth-order valence-electron chi connectivity index (χ4n) is 3.70. The Balaban J connectivity index is 1.74. The van der Waals surface area contributed by atoms with Crippen LogP contribution in [0.1, 0.15) is 35.6 Å². The molecule has 3 heterocycles. The lowest BCUT2D eigenvalue weighted by Crippen LogP contribution is -2.26. The molecule has 5 heteroatoms. The van der Waals surface area contributed by atoms with E-state index in [1.807, 2.05) is 18.2 Å². The summed E-state index contributed by atoms with van der Waals surface area (Å²) >= 11 is 1.70. The Labute approximate surface area is 137 Å². The molecule has 0 saturated carbocycles. The number of fused-ring (bicyclic) bond motifs is 2. The molecule has 0 saturated heterocycles. The van der Waals surface area contributed by atoms with E-state index in [1.165, 1.54) is 4.88 Å². The normalized spacial score (nSPS) is 21.7. The van der Waals surface area contributed by atoms with E-state index in [2.05, 4.69) is 16.8 Å². The van der Waals surface area contributed by atoms with Crippen LogP contribution in [-0.4, -0.2) is 12.6 Å². The summed E-state index contributed by atoms with van der Waals surface area (Å²) in [5.74, 6) is 1.80. The molecule has 1 aliphatic carbocycles. The van der Waals surface area contributed by atoms with Gasteiger partial charge in [0, 0.05) is 34.3 Å². The molecule has 1 aromatic carbocycles. The fraction of sp³-hybridized carbons (Fsp3) is 0.278. The van der Waals surface area contributed by atoms with E-state index in [4.69, 9.17) is 9.47 Å². The zero-order valence-electron chi connectivity index (χ0n) is 12.4. The van der Waals surface area contributed by atoms with Crippen molar-refractivity contribution >= 4 is 22.8 Å². The van der Waals surface area contributed by atoms with Crippen LogP contribution in [0.5, 0.6) is 11.5 Å². The summed E-state index contributed by atoms with van der Waals surface area (Å²) < 4.78 is 11.1. The van der Waals surface area contributed by atoms with E-state index in [0.29, 0.717) is 6.42 Å². The minimum absolute atomic E-state index is 0.00329. The minimum Gasteiger partial charge on any atom is -0.454 e. The van der Waals surface area contributed by atoms with Crippen molar-refractivity contribution in [2.24, 2.45) is 0 Å². The number of carbonyl (C=O) groups is 1. The molecule has 0 radical (unpaired) electrons. The summed E-state index contributed by atoms with van der Waals surface area (Å²) in [6, 6.07) is 8.19. The predicted molar refractivity (Wildman–Crippen MR) is 88.2 cm³/mol. The van der Waals surface area contributed by atoms with Crippen LogP contribution in [0.15, 0.2) is 40.9 Å². The molecule has 116 valence electrons. The highest BCUT2D eigenvalue weighted by atomic mass is 32.1. The maximum Gasteiger partial charge on any atom is 0.231 e. The van der Waals surface area contributed by atoms with Crippen LogP contribution in [0, 0.1) is 0 Å². The standard InChI is InChI=1S/C18H15NO3S/c20-13-4-1-3-11-18(13)17(16-5-2-6-23-16)10-7-14-15(22-9-21-14)8-12(10)19-11/h2,5-8,17,19H,1,3-4,9H2/t17-/m1/s1. The fourth-order valence-corrected chi connectivity index (χ4v) is 4.55. The summed E-state index contributed by atoms with van der Waals surface area (Å²) in [7, 11) is 0. The maximum atomic E-state index is 12.6. The quantitative estimate of drug-likeness (QED) is 0.859. The van der Waals surface area contributed by atoms with Gasteiger partial charge >= 0.3 is 0 Å². The van der Waals surface area contributed by atoms with Crippen molar-refractivity contribution in [1.82, 2.24) is 0 Å². The van der Waals surface area contributed by atoms with E-state index in [0.717, 1.165) is 46.9 Å². The van der Waals surface area contributed by atoms with Gasteiger partial charge in [-0.05, 0) is 35.9 Å². The molecule has 1 N–H and O–H groups in total. The number of hydrogen-bond donors (Lipinski definition) is 1. The van der Waals surface area contributed by atoms with Crippen molar-refractivity contribution < 1.29 is 14.3 Å². The lowest BCUT2D eigenvalue weighted by atomic mass is 9.78. The highest BCUT2D eigenvalue weighted by Gasteiger charge is 2.36. The predicted octanol–water partition coefficient (Wildman–Crippen LogP) is 4.04. The van der Waals surface area contributed by atoms with Gasteiger partial charge in [-0.2, -0.15) is 0 Å². The summed E-state index contributed by atoms with van der Waals surface area (Å²) in [5.41, 5.74) is 4.14. The van der Waals surface area contributed by atoms with Gasteiger partial charge in [-0.25, -0.2) is 0 Å². The van der Waals surface area contributed by atoms with Crippen LogP contribution in [-0.2, 0) is 4.79 Å². The summed E-state index contributed by atoms with van der Waals surface area (Å²) in [6.45, 7) is 0.258. The van der Waals surface area contributed by atoms with Gasteiger partial charge in [-0.15, -0.1) is 11.3 Å². The second-order valence-corrected chi connectivity index (χ2v) is 7.01. The lowest BCUT2D eigenvalue weighted by Gasteiger charge is -2.33. The van der Waals surface area contributed by atoms with Crippen molar-refractivity contribution in [3.8, 4) is 11.5 Å². The number of carbonyl (C=O) groups excluding carboxylic acids is 1. The molecule has 4 nitrogen and oxygen atoms in total. The van der Waals surface area contributed by atoms with Crippen LogP contribution < -0.4 is 14.8 Å². The van der Waals surface area contributed by atoms with Crippen LogP contribution in [0.25, 0.3) is 0 Å². The molecule has 23 heavy (non-hydrogen) atoms.